The zero-order valence-corrected chi connectivity index (χ0v) is 21.5. The third kappa shape index (κ3) is 4.87. The van der Waals surface area contributed by atoms with Gasteiger partial charge in [0.25, 0.3) is 0 Å². The molecule has 1 N–H and O–H groups in total. The molecule has 188 valence electrons. The van der Waals surface area contributed by atoms with Crippen LogP contribution in [0.1, 0.15) is 49.1 Å². The van der Waals surface area contributed by atoms with E-state index < -0.39 is 0 Å². The van der Waals surface area contributed by atoms with Gasteiger partial charge >= 0.3 is 5.69 Å². The summed E-state index contributed by atoms with van der Waals surface area (Å²) in [5.41, 5.74) is 7.91. The van der Waals surface area contributed by atoms with Crippen molar-refractivity contribution in [2.45, 2.75) is 53.0 Å². The monoisotopic (exact) mass is 493 g/mol. The van der Waals surface area contributed by atoms with Crippen LogP contribution in [0, 0.1) is 6.92 Å². The molecule has 0 spiro atoms. The van der Waals surface area contributed by atoms with Gasteiger partial charge in [-0.15, -0.1) is 10.2 Å². The molecule has 0 amide bonds. The van der Waals surface area contributed by atoms with Crippen molar-refractivity contribution in [2.75, 3.05) is 0 Å². The predicted molar refractivity (Wildman–Crippen MR) is 145 cm³/mol. The summed E-state index contributed by atoms with van der Waals surface area (Å²) in [7, 11) is 0. The van der Waals surface area contributed by atoms with Crippen LogP contribution in [0.4, 0.5) is 0 Å². The first-order valence-corrected chi connectivity index (χ1v) is 12.8. The number of pyridine rings is 1. The van der Waals surface area contributed by atoms with Crippen LogP contribution < -0.4 is 5.69 Å². The van der Waals surface area contributed by atoms with E-state index in [1.165, 1.54) is 5.56 Å². The number of imidazole rings is 1. The Labute approximate surface area is 216 Å². The quantitative estimate of drug-likeness (QED) is 0.307. The third-order valence-electron chi connectivity index (χ3n) is 6.60. The first-order chi connectivity index (χ1) is 18.1. The lowest BCUT2D eigenvalue weighted by Gasteiger charge is -2.12. The lowest BCUT2D eigenvalue weighted by Crippen LogP contribution is -2.25. The van der Waals surface area contributed by atoms with Crippen LogP contribution in [-0.2, 0) is 19.4 Å². The predicted octanol–water partition coefficient (Wildman–Crippen LogP) is 5.14. The van der Waals surface area contributed by atoms with Crippen LogP contribution in [0.25, 0.3) is 28.3 Å². The normalized spacial score (nSPS) is 11.2. The van der Waals surface area contributed by atoms with E-state index in [4.69, 9.17) is 4.98 Å². The number of benzene rings is 2. The Morgan fingerprint density at radius 3 is 2.43 bits per heavy atom. The number of hydrogen-bond donors (Lipinski definition) is 1. The highest BCUT2D eigenvalue weighted by atomic mass is 16.1. The summed E-state index contributed by atoms with van der Waals surface area (Å²) in [6.45, 7) is 6.85. The first-order valence-electron chi connectivity index (χ1n) is 12.8. The van der Waals surface area contributed by atoms with E-state index in [2.05, 4.69) is 59.6 Å². The molecular formula is C29H31N7O. The fraction of sp³-hybridized carbons (Fsp3) is 0.276. The molecular weight excluding hydrogens is 462 g/mol. The van der Waals surface area contributed by atoms with Gasteiger partial charge in [0, 0.05) is 29.2 Å². The molecule has 3 aromatic heterocycles. The highest BCUT2D eigenvalue weighted by Crippen LogP contribution is 2.28. The second-order valence-electron chi connectivity index (χ2n) is 9.27. The number of hydrogen-bond acceptors (Lipinski definition) is 5. The van der Waals surface area contributed by atoms with Gasteiger partial charge in [0.15, 0.2) is 0 Å². The van der Waals surface area contributed by atoms with Crippen molar-refractivity contribution in [3.05, 3.63) is 99.9 Å². The molecule has 0 bridgehead atoms. The van der Waals surface area contributed by atoms with Crippen LogP contribution in [0.5, 0.6) is 0 Å². The summed E-state index contributed by atoms with van der Waals surface area (Å²) in [5.74, 6) is 0.525. The minimum Gasteiger partial charge on any atom is -0.292 e. The van der Waals surface area contributed by atoms with Crippen molar-refractivity contribution >= 4 is 0 Å². The van der Waals surface area contributed by atoms with Gasteiger partial charge in [0.2, 0.25) is 5.82 Å². The fourth-order valence-corrected chi connectivity index (χ4v) is 4.88. The topological polar surface area (TPSA) is 94.3 Å². The van der Waals surface area contributed by atoms with Crippen LogP contribution in [0.3, 0.4) is 0 Å². The van der Waals surface area contributed by atoms with E-state index in [0.717, 1.165) is 65.0 Å². The maximum atomic E-state index is 13.7. The van der Waals surface area contributed by atoms with Gasteiger partial charge in [-0.2, -0.15) is 5.21 Å². The van der Waals surface area contributed by atoms with Gasteiger partial charge in [0.1, 0.15) is 0 Å². The van der Waals surface area contributed by atoms with Gasteiger partial charge in [-0.1, -0.05) is 75.2 Å². The molecule has 3 heterocycles. The number of tetrazole rings is 1. The molecule has 0 aliphatic heterocycles. The maximum Gasteiger partial charge on any atom is 0.333 e. The van der Waals surface area contributed by atoms with E-state index in [1.54, 1.807) is 0 Å². The number of rotatable bonds is 9. The maximum absolute atomic E-state index is 13.7. The number of nitrogens with zero attached hydrogens (tertiary/aromatic N) is 6. The smallest absolute Gasteiger partial charge is 0.292 e. The molecule has 0 unspecified atom stereocenters. The average Bonchev–Trinajstić information content (AvgIpc) is 3.55. The highest BCUT2D eigenvalue weighted by Gasteiger charge is 2.17. The van der Waals surface area contributed by atoms with Crippen molar-refractivity contribution in [1.82, 2.24) is 34.7 Å². The minimum absolute atomic E-state index is 0.0124. The van der Waals surface area contributed by atoms with Crippen molar-refractivity contribution in [2.24, 2.45) is 0 Å². The summed E-state index contributed by atoms with van der Waals surface area (Å²) < 4.78 is 3.73. The summed E-state index contributed by atoms with van der Waals surface area (Å²) in [4.78, 5) is 18.5. The molecule has 8 heteroatoms. The number of aryl methyl sites for hydroxylation is 3. The zero-order valence-electron chi connectivity index (χ0n) is 21.5. The highest BCUT2D eigenvalue weighted by molar-refractivity contribution is 5.78. The van der Waals surface area contributed by atoms with Crippen LogP contribution >= 0.6 is 0 Å². The Morgan fingerprint density at radius 2 is 1.73 bits per heavy atom. The first kappa shape index (κ1) is 24.4. The molecule has 0 aliphatic carbocycles. The molecule has 5 aromatic rings. The van der Waals surface area contributed by atoms with E-state index in [1.807, 2.05) is 57.9 Å². The summed E-state index contributed by atoms with van der Waals surface area (Å²) in [6.07, 6.45) is 7.63. The van der Waals surface area contributed by atoms with Crippen molar-refractivity contribution in [1.29, 1.82) is 0 Å². The van der Waals surface area contributed by atoms with Crippen LogP contribution in [-0.4, -0.2) is 34.7 Å². The summed E-state index contributed by atoms with van der Waals surface area (Å²) in [6, 6.07) is 18.1. The van der Waals surface area contributed by atoms with Crippen molar-refractivity contribution < 1.29 is 0 Å². The molecule has 2 aromatic carbocycles. The minimum atomic E-state index is -0.0124. The fourth-order valence-electron chi connectivity index (χ4n) is 4.88. The Balaban J connectivity index is 1.49. The van der Waals surface area contributed by atoms with Crippen LogP contribution in [0.15, 0.2) is 71.8 Å². The van der Waals surface area contributed by atoms with Crippen molar-refractivity contribution in [3.8, 4) is 28.3 Å². The van der Waals surface area contributed by atoms with Gasteiger partial charge < -0.3 is 0 Å². The second-order valence-corrected chi connectivity index (χ2v) is 9.27. The third-order valence-corrected chi connectivity index (χ3v) is 6.60. The second kappa shape index (κ2) is 10.7. The molecule has 0 saturated carbocycles. The lowest BCUT2D eigenvalue weighted by molar-refractivity contribution is 0.689. The number of aromatic nitrogens is 7. The Bertz CT molecular complexity index is 1550. The van der Waals surface area contributed by atoms with Gasteiger partial charge in [0.05, 0.1) is 17.9 Å². The van der Waals surface area contributed by atoms with E-state index in [9.17, 15) is 4.79 Å². The molecule has 0 atom stereocenters. The van der Waals surface area contributed by atoms with Crippen LogP contribution in [0.2, 0.25) is 0 Å². The van der Waals surface area contributed by atoms with Gasteiger partial charge in [-0.05, 0) is 47.7 Å². The Kier molecular flexibility index (Phi) is 7.07. The van der Waals surface area contributed by atoms with E-state index in [0.29, 0.717) is 12.4 Å². The number of aromatic amines is 1. The zero-order chi connectivity index (χ0) is 25.8. The summed E-state index contributed by atoms with van der Waals surface area (Å²) >= 11 is 0. The van der Waals surface area contributed by atoms with E-state index >= 15 is 0 Å². The number of H-pyrrole nitrogens is 1. The summed E-state index contributed by atoms with van der Waals surface area (Å²) in [5, 5.41) is 14.4. The molecule has 0 aliphatic rings. The SMILES string of the molecule is CCCc1cccc(C)c1-n1cc(CCC)n(Cc2ccc(-c3ccccc3-c3nn[nH]n3)nc2)c1=O. The molecule has 5 rings (SSSR count). The molecule has 0 fully saturated rings. The largest absolute Gasteiger partial charge is 0.333 e. The van der Waals surface area contributed by atoms with Gasteiger partial charge in [-0.25, -0.2) is 4.79 Å². The molecule has 0 saturated heterocycles. The van der Waals surface area contributed by atoms with Gasteiger partial charge in [-0.3, -0.25) is 14.1 Å². The lowest BCUT2D eigenvalue weighted by atomic mass is 10.0. The molecule has 37 heavy (non-hydrogen) atoms. The van der Waals surface area contributed by atoms with Crippen molar-refractivity contribution in [3.63, 3.8) is 0 Å². The Morgan fingerprint density at radius 1 is 0.919 bits per heavy atom. The number of nitrogens with one attached hydrogen (secondary N) is 1. The van der Waals surface area contributed by atoms with E-state index in [-0.39, 0.29) is 5.69 Å². The average molecular weight is 494 g/mol. The molecule has 0 radical (unpaired) electrons. The number of para-hydroxylation sites is 1. The Hall–Kier alpha value is -4.33. The molecule has 8 nitrogen and oxygen atoms in total. The standard InChI is InChI=1S/C29H31N7O/c1-4-9-22-12-8-11-20(3)27(22)36-19-23(10-5-2)35(29(36)37)18-21-15-16-26(30-17-21)24-13-6-7-14-25(24)28-31-33-34-32-28/h6-8,11-17,19H,4-5,9-10,18H2,1-3H3,(H,31,32,33,34).